The smallest absolute Gasteiger partial charge is 0.316 e. The monoisotopic (exact) mass is 357 g/mol. The second-order valence-corrected chi connectivity index (χ2v) is 7.87. The lowest BCUT2D eigenvalue weighted by Gasteiger charge is -2.31. The minimum absolute atomic E-state index is 0.190. The molecule has 6 heteroatoms. The minimum Gasteiger partial charge on any atom is -0.460 e. The van der Waals surface area contributed by atoms with E-state index in [2.05, 4.69) is 32.8 Å². The molecule has 0 radical (unpaired) electrons. The Morgan fingerprint density at radius 2 is 2.00 bits per heavy atom. The highest BCUT2D eigenvalue weighted by Crippen LogP contribution is 2.21. The Kier molecular flexibility index (Phi) is 5.69. The summed E-state index contributed by atoms with van der Waals surface area (Å²) in [5.41, 5.74) is -0.950. The summed E-state index contributed by atoms with van der Waals surface area (Å²) in [7, 11) is 0. The van der Waals surface area contributed by atoms with E-state index >= 15 is 0 Å². The van der Waals surface area contributed by atoms with Crippen LogP contribution in [-0.2, 0) is 6.54 Å². The highest BCUT2D eigenvalue weighted by atomic mass is 32.1. The number of thiophene rings is 1. The van der Waals surface area contributed by atoms with Crippen LogP contribution >= 0.6 is 11.3 Å². The van der Waals surface area contributed by atoms with Gasteiger partial charge < -0.3 is 9.84 Å². The van der Waals surface area contributed by atoms with Gasteiger partial charge in [0.05, 0.1) is 4.88 Å². The molecular formula is C19H23N3O2S. The number of rotatable bonds is 4. The van der Waals surface area contributed by atoms with Gasteiger partial charge in [-0.1, -0.05) is 11.8 Å². The first-order valence-electron chi connectivity index (χ1n) is 8.48. The second kappa shape index (κ2) is 7.96. The largest absolute Gasteiger partial charge is 0.460 e. The molecule has 5 nitrogen and oxygen atoms in total. The summed E-state index contributed by atoms with van der Waals surface area (Å²) < 4.78 is 5.83. The molecule has 132 valence electrons. The van der Waals surface area contributed by atoms with Gasteiger partial charge in [0, 0.05) is 36.9 Å². The molecule has 25 heavy (non-hydrogen) atoms. The molecule has 2 aromatic rings. The van der Waals surface area contributed by atoms with Crippen molar-refractivity contribution in [1.29, 1.82) is 0 Å². The molecule has 0 amide bonds. The molecule has 0 bridgehead atoms. The molecule has 3 heterocycles. The molecule has 1 aliphatic heterocycles. The Morgan fingerprint density at radius 1 is 1.28 bits per heavy atom. The number of nitrogens with zero attached hydrogens (tertiary/aromatic N) is 3. The number of hydrogen-bond donors (Lipinski definition) is 1. The van der Waals surface area contributed by atoms with E-state index in [0.29, 0.717) is 6.01 Å². The van der Waals surface area contributed by atoms with Crippen LogP contribution in [0, 0.1) is 11.8 Å². The van der Waals surface area contributed by atoms with E-state index in [4.69, 9.17) is 4.74 Å². The Morgan fingerprint density at radius 3 is 2.68 bits per heavy atom. The van der Waals surface area contributed by atoms with Crippen molar-refractivity contribution in [2.45, 2.75) is 44.9 Å². The van der Waals surface area contributed by atoms with E-state index in [1.165, 1.54) is 4.88 Å². The molecule has 3 rings (SSSR count). The third-order valence-corrected chi connectivity index (χ3v) is 4.87. The molecule has 1 saturated heterocycles. The molecule has 0 spiro atoms. The summed E-state index contributed by atoms with van der Waals surface area (Å²) in [6.45, 7) is 6.33. The zero-order valence-corrected chi connectivity index (χ0v) is 15.4. The molecule has 1 aliphatic rings. The van der Waals surface area contributed by atoms with Crippen molar-refractivity contribution < 1.29 is 9.84 Å². The van der Waals surface area contributed by atoms with Gasteiger partial charge in [-0.15, -0.1) is 11.3 Å². The van der Waals surface area contributed by atoms with Crippen LogP contribution in [0.15, 0.2) is 30.6 Å². The number of likely N-dealkylation sites (tertiary alicyclic amines) is 1. The van der Waals surface area contributed by atoms with E-state index < -0.39 is 5.60 Å². The number of ether oxygens (including phenoxy) is 1. The highest BCUT2D eigenvalue weighted by Gasteiger charge is 2.21. The molecule has 0 aliphatic carbocycles. The normalized spacial score (nSPS) is 16.3. The van der Waals surface area contributed by atoms with E-state index in [-0.39, 0.29) is 6.10 Å². The lowest BCUT2D eigenvalue weighted by atomic mass is 10.1. The van der Waals surface area contributed by atoms with Gasteiger partial charge in [-0.3, -0.25) is 4.90 Å². The lowest BCUT2D eigenvalue weighted by molar-refractivity contribution is 0.0897. The average molecular weight is 357 g/mol. The summed E-state index contributed by atoms with van der Waals surface area (Å²) in [4.78, 5) is 13.0. The number of aromatic nitrogens is 2. The van der Waals surface area contributed by atoms with Gasteiger partial charge in [-0.25, -0.2) is 9.97 Å². The van der Waals surface area contributed by atoms with Crippen LogP contribution in [-0.4, -0.2) is 44.8 Å². The molecule has 2 aromatic heterocycles. The van der Waals surface area contributed by atoms with Crippen molar-refractivity contribution in [3.8, 4) is 17.9 Å². The van der Waals surface area contributed by atoms with Crippen LogP contribution in [0.3, 0.4) is 0 Å². The lowest BCUT2D eigenvalue weighted by Crippen LogP contribution is -2.37. The fourth-order valence-corrected chi connectivity index (χ4v) is 3.55. The summed E-state index contributed by atoms with van der Waals surface area (Å²) in [6, 6.07) is 6.41. The van der Waals surface area contributed by atoms with Crippen LogP contribution in [0.1, 0.15) is 36.4 Å². The van der Waals surface area contributed by atoms with Gasteiger partial charge in [0.25, 0.3) is 0 Å². The predicted octanol–water partition coefficient (Wildman–Crippen LogP) is 2.70. The first kappa shape index (κ1) is 17.9. The van der Waals surface area contributed by atoms with Crippen molar-refractivity contribution in [3.63, 3.8) is 0 Å². The van der Waals surface area contributed by atoms with E-state index in [0.717, 1.165) is 37.4 Å². The molecular weight excluding hydrogens is 334 g/mol. The third kappa shape index (κ3) is 5.82. The zero-order chi connectivity index (χ0) is 17.7. The zero-order valence-electron chi connectivity index (χ0n) is 14.6. The summed E-state index contributed by atoms with van der Waals surface area (Å²) >= 11 is 1.69. The molecule has 1 N–H and O–H groups in total. The minimum atomic E-state index is -0.950. The topological polar surface area (TPSA) is 58.5 Å². The predicted molar refractivity (Wildman–Crippen MR) is 98.5 cm³/mol. The quantitative estimate of drug-likeness (QED) is 0.853. The Hall–Kier alpha value is -1.94. The van der Waals surface area contributed by atoms with Crippen molar-refractivity contribution >= 4 is 11.3 Å². The van der Waals surface area contributed by atoms with Crippen molar-refractivity contribution in [1.82, 2.24) is 14.9 Å². The molecule has 0 aromatic carbocycles. The molecule has 0 unspecified atom stereocenters. The van der Waals surface area contributed by atoms with E-state index in [9.17, 15) is 5.11 Å². The molecule has 0 atom stereocenters. The number of aliphatic hydroxyl groups is 1. The fourth-order valence-electron chi connectivity index (χ4n) is 2.65. The Balaban J connectivity index is 1.47. The molecule has 0 saturated carbocycles. The molecule has 1 fully saturated rings. The highest BCUT2D eigenvalue weighted by molar-refractivity contribution is 7.12. The van der Waals surface area contributed by atoms with E-state index in [1.54, 1.807) is 43.6 Å². The third-order valence-electron chi connectivity index (χ3n) is 3.88. The number of hydrogen-bond acceptors (Lipinski definition) is 6. The summed E-state index contributed by atoms with van der Waals surface area (Å²) in [5, 5.41) is 9.68. The van der Waals surface area contributed by atoms with Crippen LogP contribution in [0.5, 0.6) is 6.01 Å². The van der Waals surface area contributed by atoms with Crippen LogP contribution < -0.4 is 4.74 Å². The Bertz CT molecular complexity index is 735. The summed E-state index contributed by atoms with van der Waals surface area (Å²) in [5.74, 6) is 5.90. The van der Waals surface area contributed by atoms with Crippen LogP contribution in [0.2, 0.25) is 0 Å². The average Bonchev–Trinajstić information content (AvgIpc) is 3.03. The van der Waals surface area contributed by atoms with Gasteiger partial charge in [0.2, 0.25) is 0 Å². The van der Waals surface area contributed by atoms with E-state index in [1.807, 2.05) is 6.07 Å². The summed E-state index contributed by atoms with van der Waals surface area (Å²) in [6.07, 6.45) is 5.55. The van der Waals surface area contributed by atoms with Gasteiger partial charge in [-0.05, 0) is 44.9 Å². The number of piperidine rings is 1. The fraction of sp³-hybridized carbons (Fsp3) is 0.474. The van der Waals surface area contributed by atoms with Crippen molar-refractivity contribution in [3.05, 3.63) is 40.3 Å². The Labute approximate surface area is 152 Å². The first-order valence-corrected chi connectivity index (χ1v) is 9.30. The van der Waals surface area contributed by atoms with Gasteiger partial charge >= 0.3 is 6.01 Å². The second-order valence-electron chi connectivity index (χ2n) is 6.70. The van der Waals surface area contributed by atoms with Crippen LogP contribution in [0.25, 0.3) is 0 Å². The van der Waals surface area contributed by atoms with Gasteiger partial charge in [0.15, 0.2) is 0 Å². The van der Waals surface area contributed by atoms with Gasteiger partial charge in [0.1, 0.15) is 11.7 Å². The van der Waals surface area contributed by atoms with Crippen molar-refractivity contribution in [2.75, 3.05) is 13.1 Å². The van der Waals surface area contributed by atoms with Crippen molar-refractivity contribution in [2.24, 2.45) is 0 Å². The van der Waals surface area contributed by atoms with Gasteiger partial charge in [-0.2, -0.15) is 0 Å². The maximum absolute atomic E-state index is 9.68. The standard InChI is InChI=1S/C19H23N3O2S/c1-19(2,23)9-6-16-4-5-17(25-16)14-22-12-7-15(8-13-22)24-18-20-10-3-11-21-18/h3-5,10-11,15,23H,7-8,12-14H2,1-2H3. The first-order chi connectivity index (χ1) is 12.0. The maximum atomic E-state index is 9.68. The SMILES string of the molecule is CC(C)(O)C#Cc1ccc(CN2CCC(Oc3ncccn3)CC2)s1. The van der Waals surface area contributed by atoms with Crippen LogP contribution in [0.4, 0.5) is 0 Å². The maximum Gasteiger partial charge on any atom is 0.316 e.